The van der Waals surface area contributed by atoms with E-state index in [9.17, 15) is 14.4 Å². The highest BCUT2D eigenvalue weighted by atomic mass is 32.2. The molecule has 1 N–H and O–H groups in total. The maximum absolute atomic E-state index is 13.6. The Morgan fingerprint density at radius 1 is 0.952 bits per heavy atom. The summed E-state index contributed by atoms with van der Waals surface area (Å²) in [6.45, 7) is 2.37. The van der Waals surface area contributed by atoms with Crippen LogP contribution >= 0.6 is 11.8 Å². The van der Waals surface area contributed by atoms with Gasteiger partial charge in [-0.2, -0.15) is 0 Å². The largest absolute Gasteiger partial charge is 0.497 e. The van der Waals surface area contributed by atoms with Crippen molar-refractivity contribution in [3.63, 3.8) is 0 Å². The van der Waals surface area contributed by atoms with Crippen LogP contribution in [0.2, 0.25) is 0 Å². The molecule has 10 nitrogen and oxygen atoms in total. The number of nitrogens with one attached hydrogen (secondary N) is 1. The standard InChI is InChI=1S/C31H33N3O7S/c1-5-41-30(37)21-10-12-22(13-11-21)33-31-34(16-15-20-9-14-25(39-3)26(17-20)40-4)29(36)27(42-31)19-28(35)32-23-7-6-8-24(18-23)38-2/h6-14,17-18,27H,5,15-16,19H2,1-4H3,(H,32,35)/t27-/m1/s1. The van der Waals surface area contributed by atoms with E-state index in [1.807, 2.05) is 18.2 Å². The van der Waals surface area contributed by atoms with Crippen molar-refractivity contribution < 1.29 is 33.3 Å². The van der Waals surface area contributed by atoms with Crippen molar-refractivity contribution in [2.45, 2.75) is 25.0 Å². The lowest BCUT2D eigenvalue weighted by Crippen LogP contribution is -2.35. The Hall–Kier alpha value is -4.51. The lowest BCUT2D eigenvalue weighted by Gasteiger charge is -2.17. The summed E-state index contributed by atoms with van der Waals surface area (Å²) in [5, 5.41) is 2.66. The van der Waals surface area contributed by atoms with E-state index >= 15 is 0 Å². The maximum Gasteiger partial charge on any atom is 0.338 e. The molecule has 0 radical (unpaired) electrons. The number of esters is 1. The quantitative estimate of drug-likeness (QED) is 0.290. The Kier molecular flexibility index (Phi) is 10.4. The van der Waals surface area contributed by atoms with E-state index in [0.29, 0.717) is 52.3 Å². The molecule has 1 fully saturated rings. The van der Waals surface area contributed by atoms with Crippen molar-refractivity contribution in [1.82, 2.24) is 4.90 Å². The van der Waals surface area contributed by atoms with Gasteiger partial charge in [0.1, 0.15) is 11.0 Å². The van der Waals surface area contributed by atoms with Gasteiger partial charge in [-0.25, -0.2) is 9.79 Å². The van der Waals surface area contributed by atoms with Crippen molar-refractivity contribution in [2.24, 2.45) is 4.99 Å². The second kappa shape index (κ2) is 14.4. The third kappa shape index (κ3) is 7.61. The maximum atomic E-state index is 13.6. The molecule has 1 aliphatic heterocycles. The van der Waals surface area contributed by atoms with Gasteiger partial charge in [-0.15, -0.1) is 0 Å². The summed E-state index contributed by atoms with van der Waals surface area (Å²) in [4.78, 5) is 44.8. The fraction of sp³-hybridized carbons (Fsp3) is 0.290. The first kappa shape index (κ1) is 30.4. The Labute approximate surface area is 249 Å². The molecular formula is C31H33N3O7S. The number of nitrogens with zero attached hydrogens (tertiary/aromatic N) is 2. The molecule has 0 spiro atoms. The molecular weight excluding hydrogens is 558 g/mol. The average molecular weight is 592 g/mol. The highest BCUT2D eigenvalue weighted by Crippen LogP contribution is 2.33. The van der Waals surface area contributed by atoms with Crippen molar-refractivity contribution in [2.75, 3.05) is 39.8 Å². The predicted octanol–water partition coefficient (Wildman–Crippen LogP) is 5.09. The molecule has 0 saturated carbocycles. The number of carbonyl (C=O) groups excluding carboxylic acids is 3. The summed E-state index contributed by atoms with van der Waals surface area (Å²) in [6, 6.07) is 19.3. The second-order valence-electron chi connectivity index (χ2n) is 9.18. The van der Waals surface area contributed by atoms with E-state index in [-0.39, 0.29) is 24.8 Å². The molecule has 42 heavy (non-hydrogen) atoms. The van der Waals surface area contributed by atoms with E-state index in [1.165, 1.54) is 11.8 Å². The monoisotopic (exact) mass is 591 g/mol. The van der Waals surface area contributed by atoms with Crippen LogP contribution in [-0.2, 0) is 20.7 Å². The van der Waals surface area contributed by atoms with Crippen LogP contribution in [-0.4, -0.2) is 67.6 Å². The van der Waals surface area contributed by atoms with Gasteiger partial charge in [0.25, 0.3) is 0 Å². The zero-order valence-electron chi connectivity index (χ0n) is 23.9. The van der Waals surface area contributed by atoms with Gasteiger partial charge in [0.2, 0.25) is 11.8 Å². The number of ether oxygens (including phenoxy) is 4. The molecule has 1 saturated heterocycles. The summed E-state index contributed by atoms with van der Waals surface area (Å²) in [6.07, 6.45) is 0.491. The molecule has 1 atom stereocenters. The van der Waals surface area contributed by atoms with Crippen LogP contribution in [0.3, 0.4) is 0 Å². The van der Waals surface area contributed by atoms with Crippen LogP contribution in [0.5, 0.6) is 17.2 Å². The summed E-state index contributed by atoms with van der Waals surface area (Å²) in [7, 11) is 4.70. The number of carbonyl (C=O) groups is 3. The number of thioether (sulfide) groups is 1. The van der Waals surface area contributed by atoms with Crippen molar-refractivity contribution in [3.05, 3.63) is 77.9 Å². The first-order valence-electron chi connectivity index (χ1n) is 13.3. The van der Waals surface area contributed by atoms with E-state index in [2.05, 4.69) is 5.32 Å². The van der Waals surface area contributed by atoms with Gasteiger partial charge in [0.05, 0.1) is 39.2 Å². The van der Waals surface area contributed by atoms with Gasteiger partial charge in [-0.3, -0.25) is 14.5 Å². The Bertz CT molecular complexity index is 1460. The molecule has 0 aromatic heterocycles. The molecule has 0 unspecified atom stereocenters. The highest BCUT2D eigenvalue weighted by molar-refractivity contribution is 8.15. The van der Waals surface area contributed by atoms with Crippen molar-refractivity contribution >= 4 is 46.1 Å². The summed E-state index contributed by atoms with van der Waals surface area (Å²) >= 11 is 1.24. The molecule has 3 aromatic carbocycles. The van der Waals surface area contributed by atoms with Crippen LogP contribution in [0.4, 0.5) is 11.4 Å². The molecule has 0 bridgehead atoms. The zero-order chi connectivity index (χ0) is 30.1. The minimum absolute atomic E-state index is 0.0333. The predicted molar refractivity (Wildman–Crippen MR) is 162 cm³/mol. The van der Waals surface area contributed by atoms with Crippen LogP contribution in [0.15, 0.2) is 71.7 Å². The van der Waals surface area contributed by atoms with Gasteiger partial charge in [0.15, 0.2) is 16.7 Å². The van der Waals surface area contributed by atoms with Gasteiger partial charge in [-0.1, -0.05) is 23.9 Å². The highest BCUT2D eigenvalue weighted by Gasteiger charge is 2.39. The van der Waals surface area contributed by atoms with Crippen LogP contribution < -0.4 is 19.5 Å². The molecule has 220 valence electrons. The molecule has 0 aliphatic carbocycles. The third-order valence-electron chi connectivity index (χ3n) is 6.42. The van der Waals surface area contributed by atoms with E-state index < -0.39 is 11.2 Å². The molecule has 4 rings (SSSR count). The number of hydrogen-bond acceptors (Lipinski definition) is 9. The van der Waals surface area contributed by atoms with Crippen LogP contribution in [0.25, 0.3) is 0 Å². The van der Waals surface area contributed by atoms with Crippen LogP contribution in [0.1, 0.15) is 29.3 Å². The van der Waals surface area contributed by atoms with Crippen molar-refractivity contribution in [1.29, 1.82) is 0 Å². The van der Waals surface area contributed by atoms with Gasteiger partial charge in [0, 0.05) is 24.7 Å². The number of hydrogen-bond donors (Lipinski definition) is 1. The number of benzene rings is 3. The number of rotatable bonds is 12. The summed E-state index contributed by atoms with van der Waals surface area (Å²) in [5.41, 5.74) is 2.50. The van der Waals surface area contributed by atoms with E-state index in [1.54, 1.807) is 81.7 Å². The van der Waals surface area contributed by atoms with Gasteiger partial charge in [-0.05, 0) is 67.4 Å². The van der Waals surface area contributed by atoms with Crippen LogP contribution in [0, 0.1) is 0 Å². The molecule has 11 heteroatoms. The Balaban J connectivity index is 1.53. The lowest BCUT2D eigenvalue weighted by molar-refractivity contribution is -0.128. The number of methoxy groups -OCH3 is 3. The van der Waals surface area contributed by atoms with E-state index in [0.717, 1.165) is 5.56 Å². The third-order valence-corrected chi connectivity index (χ3v) is 7.59. The minimum atomic E-state index is -0.654. The molecule has 1 heterocycles. The minimum Gasteiger partial charge on any atom is -0.497 e. The number of amides is 2. The number of anilines is 1. The van der Waals surface area contributed by atoms with E-state index in [4.69, 9.17) is 23.9 Å². The lowest BCUT2D eigenvalue weighted by atomic mass is 10.1. The summed E-state index contributed by atoms with van der Waals surface area (Å²) in [5.74, 6) is 0.909. The normalized spacial score (nSPS) is 15.4. The van der Waals surface area contributed by atoms with Gasteiger partial charge < -0.3 is 24.3 Å². The zero-order valence-corrected chi connectivity index (χ0v) is 24.7. The average Bonchev–Trinajstić information content (AvgIpc) is 3.28. The van der Waals surface area contributed by atoms with Crippen molar-refractivity contribution in [3.8, 4) is 17.2 Å². The Morgan fingerprint density at radius 2 is 1.71 bits per heavy atom. The second-order valence-corrected chi connectivity index (χ2v) is 10.4. The molecule has 2 amide bonds. The fourth-order valence-electron chi connectivity index (χ4n) is 4.29. The summed E-state index contributed by atoms with van der Waals surface area (Å²) < 4.78 is 21.0. The topological polar surface area (TPSA) is 116 Å². The number of amidine groups is 1. The first-order chi connectivity index (χ1) is 20.3. The first-order valence-corrected chi connectivity index (χ1v) is 14.2. The Morgan fingerprint density at radius 3 is 2.40 bits per heavy atom. The molecule has 3 aromatic rings. The smallest absolute Gasteiger partial charge is 0.338 e. The SMILES string of the molecule is CCOC(=O)c1ccc(N=C2S[C@H](CC(=O)Nc3cccc(OC)c3)C(=O)N2CCc2ccc(OC)c(OC)c2)cc1. The van der Waals surface area contributed by atoms with Gasteiger partial charge >= 0.3 is 5.97 Å². The number of aliphatic imine (C=N–C) groups is 1. The fourth-order valence-corrected chi connectivity index (χ4v) is 5.47. The molecule has 1 aliphatic rings.